The van der Waals surface area contributed by atoms with E-state index in [1.54, 1.807) is 18.0 Å². The highest BCUT2D eigenvalue weighted by atomic mass is 79.9. The van der Waals surface area contributed by atoms with Crippen molar-refractivity contribution in [1.82, 2.24) is 15.0 Å². The molecule has 0 unspecified atom stereocenters. The maximum atomic E-state index is 5.18. The van der Waals surface area contributed by atoms with Gasteiger partial charge in [-0.3, -0.25) is 4.68 Å². The predicted octanol–water partition coefficient (Wildman–Crippen LogP) is 2.20. The zero-order valence-electron chi connectivity index (χ0n) is 9.64. The summed E-state index contributed by atoms with van der Waals surface area (Å²) in [6.07, 6.45) is 1.74. The van der Waals surface area contributed by atoms with E-state index in [-0.39, 0.29) is 0 Å². The number of aromatic nitrogens is 3. The first-order valence-electron chi connectivity index (χ1n) is 5.11. The van der Waals surface area contributed by atoms with E-state index in [0.717, 1.165) is 21.6 Å². The minimum atomic E-state index is 0.662. The Morgan fingerprint density at radius 1 is 1.47 bits per heavy atom. The zero-order chi connectivity index (χ0) is 12.3. The van der Waals surface area contributed by atoms with Gasteiger partial charge >= 0.3 is 0 Å². The molecule has 1 aromatic carbocycles. The molecule has 0 saturated carbocycles. The fraction of sp³-hybridized carbons (Fsp3) is 0.273. The average Bonchev–Trinajstić information content (AvgIpc) is 2.74. The largest absolute Gasteiger partial charge is 0.497 e. The number of hydrogen-bond acceptors (Lipinski definition) is 4. The van der Waals surface area contributed by atoms with E-state index in [4.69, 9.17) is 4.74 Å². The van der Waals surface area contributed by atoms with Crippen LogP contribution in [0.25, 0.3) is 0 Å². The van der Waals surface area contributed by atoms with E-state index in [9.17, 15) is 0 Å². The third-order valence-electron chi connectivity index (χ3n) is 2.44. The van der Waals surface area contributed by atoms with Crippen LogP contribution in [0.1, 0.15) is 5.69 Å². The molecule has 0 aliphatic heterocycles. The molecule has 0 bridgehead atoms. The van der Waals surface area contributed by atoms with E-state index in [1.165, 1.54) is 0 Å². The number of anilines is 1. The topological polar surface area (TPSA) is 52.0 Å². The van der Waals surface area contributed by atoms with E-state index in [1.807, 2.05) is 25.2 Å². The standard InChI is InChI=1S/C11H13BrN4O/c1-16-8(7-14-15-16)6-13-11-5-9(17-2)3-4-10(11)12/h3-5,7,13H,6H2,1-2H3. The number of halogens is 1. The summed E-state index contributed by atoms with van der Waals surface area (Å²) in [6.45, 7) is 0.662. The first kappa shape index (κ1) is 11.9. The molecular weight excluding hydrogens is 284 g/mol. The molecule has 2 aromatic rings. The monoisotopic (exact) mass is 296 g/mol. The Balaban J connectivity index is 2.11. The summed E-state index contributed by atoms with van der Waals surface area (Å²) < 4.78 is 7.91. The second-order valence-electron chi connectivity index (χ2n) is 3.55. The van der Waals surface area contributed by atoms with Crippen molar-refractivity contribution in [1.29, 1.82) is 0 Å². The molecule has 1 aromatic heterocycles. The maximum absolute atomic E-state index is 5.18. The highest BCUT2D eigenvalue weighted by Crippen LogP contribution is 2.27. The van der Waals surface area contributed by atoms with Crippen LogP contribution in [0.15, 0.2) is 28.9 Å². The summed E-state index contributed by atoms with van der Waals surface area (Å²) in [7, 11) is 3.52. The lowest BCUT2D eigenvalue weighted by atomic mass is 10.3. The number of nitrogens with one attached hydrogen (secondary N) is 1. The maximum Gasteiger partial charge on any atom is 0.121 e. The molecule has 0 amide bonds. The molecule has 0 radical (unpaired) electrons. The van der Waals surface area contributed by atoms with Crippen LogP contribution in [-0.2, 0) is 13.6 Å². The smallest absolute Gasteiger partial charge is 0.121 e. The van der Waals surface area contributed by atoms with Crippen LogP contribution >= 0.6 is 15.9 Å². The molecule has 5 nitrogen and oxygen atoms in total. The summed E-state index contributed by atoms with van der Waals surface area (Å²) in [5, 5.41) is 11.0. The van der Waals surface area contributed by atoms with Gasteiger partial charge in [0.25, 0.3) is 0 Å². The van der Waals surface area contributed by atoms with Gasteiger partial charge in [-0.05, 0) is 28.1 Å². The van der Waals surface area contributed by atoms with Crippen LogP contribution in [-0.4, -0.2) is 22.1 Å². The fourth-order valence-electron chi connectivity index (χ4n) is 1.42. The lowest BCUT2D eigenvalue weighted by molar-refractivity contribution is 0.415. The first-order valence-corrected chi connectivity index (χ1v) is 5.91. The summed E-state index contributed by atoms with van der Waals surface area (Å²) in [5.41, 5.74) is 1.99. The molecule has 17 heavy (non-hydrogen) atoms. The van der Waals surface area contributed by atoms with Gasteiger partial charge in [-0.25, -0.2) is 0 Å². The number of hydrogen-bond donors (Lipinski definition) is 1. The second kappa shape index (κ2) is 5.18. The van der Waals surface area contributed by atoms with Gasteiger partial charge in [-0.1, -0.05) is 5.21 Å². The molecular formula is C11H13BrN4O. The number of methoxy groups -OCH3 is 1. The van der Waals surface area contributed by atoms with Crippen LogP contribution in [0.2, 0.25) is 0 Å². The van der Waals surface area contributed by atoms with Gasteiger partial charge in [-0.15, -0.1) is 5.10 Å². The summed E-state index contributed by atoms with van der Waals surface area (Å²) in [4.78, 5) is 0. The van der Waals surface area contributed by atoms with Crippen molar-refractivity contribution in [2.45, 2.75) is 6.54 Å². The Labute approximate surface area is 108 Å². The molecule has 6 heteroatoms. The Kier molecular flexibility index (Phi) is 3.63. The van der Waals surface area contributed by atoms with Crippen molar-refractivity contribution in [2.24, 2.45) is 7.05 Å². The summed E-state index contributed by atoms with van der Waals surface area (Å²) in [6, 6.07) is 5.79. The van der Waals surface area contributed by atoms with Crippen LogP contribution in [0.3, 0.4) is 0 Å². The Morgan fingerprint density at radius 3 is 2.94 bits per heavy atom. The molecule has 2 rings (SSSR count). The Hall–Kier alpha value is -1.56. The van der Waals surface area contributed by atoms with Gasteiger partial charge in [0.1, 0.15) is 5.75 Å². The van der Waals surface area contributed by atoms with Gasteiger partial charge in [0.2, 0.25) is 0 Å². The first-order chi connectivity index (χ1) is 8.20. The molecule has 0 fully saturated rings. The minimum absolute atomic E-state index is 0.662. The fourth-order valence-corrected chi connectivity index (χ4v) is 1.81. The van der Waals surface area contributed by atoms with Gasteiger partial charge in [0, 0.05) is 17.6 Å². The molecule has 0 aliphatic rings. The van der Waals surface area contributed by atoms with Gasteiger partial charge < -0.3 is 10.1 Å². The molecule has 0 aliphatic carbocycles. The lowest BCUT2D eigenvalue weighted by Crippen LogP contribution is -2.05. The Morgan fingerprint density at radius 2 is 2.29 bits per heavy atom. The summed E-state index contributed by atoms with van der Waals surface area (Å²) in [5.74, 6) is 0.818. The third kappa shape index (κ3) is 2.76. The van der Waals surface area contributed by atoms with Crippen molar-refractivity contribution in [3.8, 4) is 5.75 Å². The summed E-state index contributed by atoms with van der Waals surface area (Å²) >= 11 is 3.49. The van der Waals surface area contributed by atoms with E-state index >= 15 is 0 Å². The van der Waals surface area contributed by atoms with E-state index < -0.39 is 0 Å². The average molecular weight is 297 g/mol. The molecule has 90 valence electrons. The highest BCUT2D eigenvalue weighted by molar-refractivity contribution is 9.10. The molecule has 0 atom stereocenters. The van der Waals surface area contributed by atoms with Crippen molar-refractivity contribution in [3.63, 3.8) is 0 Å². The molecule has 1 heterocycles. The predicted molar refractivity (Wildman–Crippen MR) is 69.0 cm³/mol. The highest BCUT2D eigenvalue weighted by Gasteiger charge is 2.04. The van der Waals surface area contributed by atoms with Gasteiger partial charge in [-0.2, -0.15) is 0 Å². The van der Waals surface area contributed by atoms with Crippen molar-refractivity contribution in [2.75, 3.05) is 12.4 Å². The normalized spacial score (nSPS) is 10.3. The number of ether oxygens (including phenoxy) is 1. The van der Waals surface area contributed by atoms with Crippen LogP contribution < -0.4 is 10.1 Å². The number of aryl methyl sites for hydroxylation is 1. The zero-order valence-corrected chi connectivity index (χ0v) is 11.2. The van der Waals surface area contributed by atoms with Crippen molar-refractivity contribution >= 4 is 21.6 Å². The second-order valence-corrected chi connectivity index (χ2v) is 4.40. The third-order valence-corrected chi connectivity index (χ3v) is 3.13. The van der Waals surface area contributed by atoms with Gasteiger partial charge in [0.05, 0.1) is 31.2 Å². The molecule has 0 spiro atoms. The molecule has 1 N–H and O–H groups in total. The number of nitrogens with zero attached hydrogens (tertiary/aromatic N) is 3. The van der Waals surface area contributed by atoms with E-state index in [0.29, 0.717) is 6.54 Å². The molecule has 0 saturated heterocycles. The Bertz CT molecular complexity index is 512. The number of benzene rings is 1. The lowest BCUT2D eigenvalue weighted by Gasteiger charge is -2.10. The van der Waals surface area contributed by atoms with Crippen molar-refractivity contribution < 1.29 is 4.74 Å². The van der Waals surface area contributed by atoms with Crippen LogP contribution in [0.4, 0.5) is 5.69 Å². The van der Waals surface area contributed by atoms with E-state index in [2.05, 4.69) is 31.6 Å². The SMILES string of the molecule is COc1ccc(Br)c(NCc2cnnn2C)c1. The van der Waals surface area contributed by atoms with Gasteiger partial charge in [0.15, 0.2) is 0 Å². The van der Waals surface area contributed by atoms with Crippen LogP contribution in [0, 0.1) is 0 Å². The van der Waals surface area contributed by atoms with Crippen LogP contribution in [0.5, 0.6) is 5.75 Å². The minimum Gasteiger partial charge on any atom is -0.497 e. The quantitative estimate of drug-likeness (QED) is 0.940. The van der Waals surface area contributed by atoms with Crippen molar-refractivity contribution in [3.05, 3.63) is 34.6 Å². The number of rotatable bonds is 4.